The van der Waals surface area contributed by atoms with Crippen molar-refractivity contribution >= 4 is 11.6 Å². The molecule has 1 aromatic carbocycles. The lowest BCUT2D eigenvalue weighted by atomic mass is 10.2. The largest absolute Gasteiger partial charge is 0.374 e. The number of halogens is 2. The average Bonchev–Trinajstić information content (AvgIpc) is 3.13. The lowest BCUT2D eigenvalue weighted by Crippen LogP contribution is -2.31. The third-order valence-corrected chi connectivity index (χ3v) is 2.97. The molecule has 98 valence electrons. The molecular formula is C13H16F2N2O. The fraction of sp³-hybridized carbons (Fsp3) is 0.462. The highest BCUT2D eigenvalue weighted by molar-refractivity contribution is 5.80. The van der Waals surface area contributed by atoms with Gasteiger partial charge in [0.2, 0.25) is 5.91 Å². The van der Waals surface area contributed by atoms with Crippen LogP contribution in [0.4, 0.5) is 14.5 Å². The van der Waals surface area contributed by atoms with E-state index in [1.807, 2.05) is 0 Å². The van der Waals surface area contributed by atoms with E-state index in [0.29, 0.717) is 12.5 Å². The molecule has 0 spiro atoms. The van der Waals surface area contributed by atoms with E-state index >= 15 is 0 Å². The van der Waals surface area contributed by atoms with Crippen LogP contribution >= 0.6 is 0 Å². The fourth-order valence-electron chi connectivity index (χ4n) is 1.60. The van der Waals surface area contributed by atoms with Crippen molar-refractivity contribution in [3.8, 4) is 0 Å². The first-order valence-electron chi connectivity index (χ1n) is 6.02. The summed E-state index contributed by atoms with van der Waals surface area (Å²) in [6.07, 6.45) is 2.32. The lowest BCUT2D eigenvalue weighted by molar-refractivity contribution is -0.119. The Morgan fingerprint density at radius 3 is 2.72 bits per heavy atom. The topological polar surface area (TPSA) is 41.1 Å². The Kier molecular flexibility index (Phi) is 3.79. The Hall–Kier alpha value is -1.65. The first-order valence-corrected chi connectivity index (χ1v) is 6.02. The summed E-state index contributed by atoms with van der Waals surface area (Å²) >= 11 is 0. The number of nitrogens with one attached hydrogen (secondary N) is 2. The standard InChI is InChI=1S/C13H16F2N2O/c1-8-4-11(15)12(5-10(8)14)16-7-13(18)17-6-9-2-3-9/h4-5,9,16H,2-3,6-7H2,1H3,(H,17,18). The van der Waals surface area contributed by atoms with Gasteiger partial charge in [0.1, 0.15) is 11.6 Å². The summed E-state index contributed by atoms with van der Waals surface area (Å²) in [5.74, 6) is -0.647. The minimum Gasteiger partial charge on any atom is -0.374 e. The molecule has 0 heterocycles. The van der Waals surface area contributed by atoms with Gasteiger partial charge in [-0.25, -0.2) is 8.78 Å². The second-order valence-corrected chi connectivity index (χ2v) is 4.68. The molecule has 0 radical (unpaired) electrons. The monoisotopic (exact) mass is 254 g/mol. The van der Waals surface area contributed by atoms with E-state index in [0.717, 1.165) is 25.0 Å². The third kappa shape index (κ3) is 3.42. The minimum atomic E-state index is -0.552. The van der Waals surface area contributed by atoms with Crippen LogP contribution in [-0.2, 0) is 4.79 Å². The molecule has 0 aliphatic heterocycles. The Balaban J connectivity index is 1.84. The second-order valence-electron chi connectivity index (χ2n) is 4.68. The number of carbonyl (C=O) groups excluding carboxylic acids is 1. The molecule has 0 aromatic heterocycles. The molecule has 0 atom stereocenters. The van der Waals surface area contributed by atoms with Crippen LogP contribution in [0.3, 0.4) is 0 Å². The zero-order valence-corrected chi connectivity index (χ0v) is 10.2. The molecule has 1 aromatic rings. The van der Waals surface area contributed by atoms with E-state index in [9.17, 15) is 13.6 Å². The van der Waals surface area contributed by atoms with Crippen LogP contribution < -0.4 is 10.6 Å². The van der Waals surface area contributed by atoms with Gasteiger partial charge in [-0.2, -0.15) is 0 Å². The molecule has 5 heteroatoms. The minimum absolute atomic E-state index is 0.0136. The smallest absolute Gasteiger partial charge is 0.239 e. The van der Waals surface area contributed by atoms with Gasteiger partial charge in [-0.1, -0.05) is 0 Å². The van der Waals surface area contributed by atoms with Crippen LogP contribution in [0.15, 0.2) is 12.1 Å². The number of carbonyl (C=O) groups is 1. The summed E-state index contributed by atoms with van der Waals surface area (Å²) in [6, 6.07) is 2.18. The van der Waals surface area contributed by atoms with Gasteiger partial charge in [0, 0.05) is 12.6 Å². The molecule has 3 nitrogen and oxygen atoms in total. The number of anilines is 1. The Morgan fingerprint density at radius 1 is 1.33 bits per heavy atom. The number of rotatable bonds is 5. The first kappa shape index (κ1) is 12.8. The molecule has 1 aliphatic carbocycles. The molecule has 0 unspecified atom stereocenters. The predicted molar refractivity (Wildman–Crippen MR) is 65.3 cm³/mol. The van der Waals surface area contributed by atoms with Gasteiger partial charge in [0.05, 0.1) is 12.2 Å². The van der Waals surface area contributed by atoms with Crippen molar-refractivity contribution in [3.05, 3.63) is 29.3 Å². The van der Waals surface area contributed by atoms with E-state index in [-0.39, 0.29) is 23.7 Å². The van der Waals surface area contributed by atoms with Gasteiger partial charge >= 0.3 is 0 Å². The van der Waals surface area contributed by atoms with E-state index in [1.54, 1.807) is 0 Å². The van der Waals surface area contributed by atoms with Crippen molar-refractivity contribution in [1.29, 1.82) is 0 Å². The molecule has 1 amide bonds. The highest BCUT2D eigenvalue weighted by atomic mass is 19.1. The maximum Gasteiger partial charge on any atom is 0.239 e. The van der Waals surface area contributed by atoms with Crippen molar-refractivity contribution < 1.29 is 13.6 Å². The van der Waals surface area contributed by atoms with E-state index in [2.05, 4.69) is 10.6 Å². The molecule has 1 saturated carbocycles. The molecular weight excluding hydrogens is 238 g/mol. The van der Waals surface area contributed by atoms with Crippen LogP contribution in [0, 0.1) is 24.5 Å². The Morgan fingerprint density at radius 2 is 2.06 bits per heavy atom. The second kappa shape index (κ2) is 5.33. The molecule has 1 fully saturated rings. The Labute approximate surface area is 105 Å². The lowest BCUT2D eigenvalue weighted by Gasteiger charge is -2.09. The quantitative estimate of drug-likeness (QED) is 0.846. The zero-order chi connectivity index (χ0) is 13.1. The summed E-state index contributed by atoms with van der Waals surface area (Å²) in [4.78, 5) is 11.4. The SMILES string of the molecule is Cc1cc(F)c(NCC(=O)NCC2CC2)cc1F. The summed E-state index contributed by atoms with van der Waals surface area (Å²) in [5.41, 5.74) is 0.260. The van der Waals surface area contributed by atoms with Crippen LogP contribution in [0.1, 0.15) is 18.4 Å². The van der Waals surface area contributed by atoms with E-state index in [1.165, 1.54) is 6.92 Å². The van der Waals surface area contributed by atoms with Crippen molar-refractivity contribution in [2.45, 2.75) is 19.8 Å². The summed E-state index contributed by atoms with van der Waals surface area (Å²) in [7, 11) is 0. The van der Waals surface area contributed by atoms with E-state index < -0.39 is 11.6 Å². The van der Waals surface area contributed by atoms with Crippen LogP contribution in [-0.4, -0.2) is 19.0 Å². The van der Waals surface area contributed by atoms with Gasteiger partial charge < -0.3 is 10.6 Å². The zero-order valence-electron chi connectivity index (χ0n) is 10.2. The van der Waals surface area contributed by atoms with E-state index in [4.69, 9.17) is 0 Å². The van der Waals surface area contributed by atoms with Crippen molar-refractivity contribution in [2.75, 3.05) is 18.4 Å². The van der Waals surface area contributed by atoms with Gasteiger partial charge in [0.25, 0.3) is 0 Å². The number of hydrogen-bond acceptors (Lipinski definition) is 2. The first-order chi connectivity index (χ1) is 8.56. The predicted octanol–water partition coefficient (Wildman–Crippen LogP) is 2.21. The average molecular weight is 254 g/mol. The number of hydrogen-bond donors (Lipinski definition) is 2. The van der Waals surface area contributed by atoms with Gasteiger partial charge in [0.15, 0.2) is 0 Å². The maximum atomic E-state index is 13.4. The molecule has 2 rings (SSSR count). The maximum absolute atomic E-state index is 13.4. The number of benzene rings is 1. The molecule has 0 saturated heterocycles. The molecule has 1 aliphatic rings. The molecule has 2 N–H and O–H groups in total. The van der Waals surface area contributed by atoms with Crippen LogP contribution in [0.25, 0.3) is 0 Å². The third-order valence-electron chi connectivity index (χ3n) is 2.97. The van der Waals surface area contributed by atoms with Gasteiger partial charge in [-0.3, -0.25) is 4.79 Å². The highest BCUT2D eigenvalue weighted by Crippen LogP contribution is 2.27. The molecule has 0 bridgehead atoms. The summed E-state index contributed by atoms with van der Waals surface area (Å²) in [5, 5.41) is 5.34. The van der Waals surface area contributed by atoms with Crippen molar-refractivity contribution in [3.63, 3.8) is 0 Å². The van der Waals surface area contributed by atoms with Crippen molar-refractivity contribution in [2.24, 2.45) is 5.92 Å². The molecule has 18 heavy (non-hydrogen) atoms. The van der Waals surface area contributed by atoms with Gasteiger partial charge in [-0.15, -0.1) is 0 Å². The summed E-state index contributed by atoms with van der Waals surface area (Å²) < 4.78 is 26.7. The van der Waals surface area contributed by atoms with Crippen molar-refractivity contribution in [1.82, 2.24) is 5.32 Å². The fourth-order valence-corrected chi connectivity index (χ4v) is 1.60. The normalized spacial score (nSPS) is 14.4. The van der Waals surface area contributed by atoms with Crippen LogP contribution in [0.2, 0.25) is 0 Å². The van der Waals surface area contributed by atoms with Crippen LogP contribution in [0.5, 0.6) is 0 Å². The highest BCUT2D eigenvalue weighted by Gasteiger charge is 2.21. The summed E-state index contributed by atoms with van der Waals surface area (Å²) in [6.45, 7) is 2.11. The van der Waals surface area contributed by atoms with Gasteiger partial charge in [-0.05, 0) is 37.3 Å². The Bertz CT molecular complexity index is 459. The number of amides is 1. The number of aryl methyl sites for hydroxylation is 1.